The van der Waals surface area contributed by atoms with Crippen LogP contribution >= 0.6 is 0 Å². The molecule has 376 valence electrons. The van der Waals surface area contributed by atoms with Gasteiger partial charge in [-0.2, -0.15) is 0 Å². The number of ether oxygens (including phenoxy) is 6. The zero-order chi connectivity index (χ0) is 49.2. The Balaban J connectivity index is 1.49. The van der Waals surface area contributed by atoms with Gasteiger partial charge >= 0.3 is 5.97 Å². The first-order valence-corrected chi connectivity index (χ1v) is 24.6. The summed E-state index contributed by atoms with van der Waals surface area (Å²) in [4.78, 5) is 72.2. The molecule has 5 bridgehead atoms. The number of aliphatic hydroxyl groups is 3. The summed E-state index contributed by atoms with van der Waals surface area (Å²) in [6.07, 6.45) is 11.5. The van der Waals surface area contributed by atoms with Gasteiger partial charge in [-0.3, -0.25) is 19.2 Å². The summed E-state index contributed by atoms with van der Waals surface area (Å²) >= 11 is 0. The first-order chi connectivity index (χ1) is 31.9. The Labute approximate surface area is 397 Å². The van der Waals surface area contributed by atoms with Crippen LogP contribution in [0.3, 0.4) is 0 Å². The van der Waals surface area contributed by atoms with Crippen molar-refractivity contribution in [1.29, 1.82) is 0 Å². The standard InChI is InChI=1S/C52H79NO14/c1-30-13-11-10-12-14-31(2)43(62-7)28-38-17-15-35(6)52(61,67-38)49(58)50(59)53-20-19-37-27-40(53)51(60)66-44(39(37)25-36-16-18-42(65-22-21-54)45(26-36)63-8)29-41(55)32(3)24-34(5)47(57)48(64-9)46(56)33(4)23-30/h10-14,24,30,32-33,35-40,42-45,47-48,54,57,61H,15-23,25-29H2,1-9H3/b12-10+,13-11+,31-14+,34-24+/t30-,32-,33-,35-,36+,37+,38+,39?,40+,42-,43+,44+,45-,47-,48+,52-/m1/s1. The largest absolute Gasteiger partial charge is 0.460 e. The molecule has 1 saturated carbocycles. The minimum absolute atomic E-state index is 0.0195. The van der Waals surface area contributed by atoms with E-state index in [0.717, 1.165) is 12.0 Å². The third kappa shape index (κ3) is 13.5. The van der Waals surface area contributed by atoms with Gasteiger partial charge in [0.15, 0.2) is 5.78 Å². The fourth-order valence-electron chi connectivity index (χ4n) is 11.2. The van der Waals surface area contributed by atoms with Crippen molar-refractivity contribution in [2.75, 3.05) is 41.1 Å². The van der Waals surface area contributed by atoms with Gasteiger partial charge in [-0.15, -0.1) is 0 Å². The van der Waals surface area contributed by atoms with Crippen LogP contribution in [0.25, 0.3) is 0 Å². The molecule has 0 aromatic rings. The molecule has 67 heavy (non-hydrogen) atoms. The van der Waals surface area contributed by atoms with Gasteiger partial charge in [0.05, 0.1) is 37.6 Å². The molecule has 1 unspecified atom stereocenters. The smallest absolute Gasteiger partial charge is 0.329 e. The molecule has 0 aromatic carbocycles. The summed E-state index contributed by atoms with van der Waals surface area (Å²) in [6.45, 7) is 11.0. The van der Waals surface area contributed by atoms with E-state index in [2.05, 4.69) is 0 Å². The summed E-state index contributed by atoms with van der Waals surface area (Å²) in [6, 6.07) is -1.13. The Morgan fingerprint density at radius 2 is 1.58 bits per heavy atom. The van der Waals surface area contributed by atoms with Gasteiger partial charge in [-0.1, -0.05) is 64.2 Å². The molecule has 0 aromatic heterocycles. The van der Waals surface area contributed by atoms with Crippen molar-refractivity contribution >= 4 is 29.2 Å². The number of carbonyl (C=O) groups is 5. The fourth-order valence-corrected chi connectivity index (χ4v) is 11.2. The van der Waals surface area contributed by atoms with E-state index in [9.17, 15) is 39.3 Å². The van der Waals surface area contributed by atoms with Crippen molar-refractivity contribution in [3.05, 3.63) is 47.6 Å². The Hall–Kier alpha value is -3.41. The first-order valence-electron chi connectivity index (χ1n) is 24.6. The number of nitrogens with zero attached hydrogens (tertiary/aromatic N) is 1. The van der Waals surface area contributed by atoms with E-state index in [4.69, 9.17) is 28.4 Å². The van der Waals surface area contributed by atoms with Crippen LogP contribution < -0.4 is 0 Å². The van der Waals surface area contributed by atoms with Gasteiger partial charge < -0.3 is 48.6 Å². The lowest BCUT2D eigenvalue weighted by molar-refractivity contribution is -0.265. The van der Waals surface area contributed by atoms with Crippen molar-refractivity contribution in [2.24, 2.45) is 41.4 Å². The van der Waals surface area contributed by atoms with E-state index in [1.807, 2.05) is 51.2 Å². The van der Waals surface area contributed by atoms with E-state index >= 15 is 0 Å². The molecule has 15 nitrogen and oxygen atoms in total. The van der Waals surface area contributed by atoms with Crippen LogP contribution in [0.2, 0.25) is 0 Å². The van der Waals surface area contributed by atoms with Crippen LogP contribution in [-0.4, -0.2) is 145 Å². The molecule has 16 atom stereocenters. The molecule has 1 aliphatic carbocycles. The monoisotopic (exact) mass is 942 g/mol. The summed E-state index contributed by atoms with van der Waals surface area (Å²) < 4.78 is 35.7. The van der Waals surface area contributed by atoms with Gasteiger partial charge in [0.1, 0.15) is 30.1 Å². The van der Waals surface area contributed by atoms with Gasteiger partial charge in [-0.05, 0) is 106 Å². The number of methoxy groups -OCH3 is 3. The Bertz CT molecular complexity index is 1840. The number of hydrogen-bond acceptors (Lipinski definition) is 14. The van der Waals surface area contributed by atoms with E-state index < -0.39 is 77.8 Å². The number of Topliss-reactive ketones (excluding diaryl/α,β-unsaturated/α-hetero) is 3. The lowest BCUT2D eigenvalue weighted by atomic mass is 9.71. The average Bonchev–Trinajstić information content (AvgIpc) is 3.40. The molecule has 5 rings (SSSR count). The maximum Gasteiger partial charge on any atom is 0.329 e. The molecule has 0 spiro atoms. The second-order valence-corrected chi connectivity index (χ2v) is 20.1. The molecule has 3 saturated heterocycles. The molecular weight excluding hydrogens is 863 g/mol. The minimum atomic E-state index is -2.43. The summed E-state index contributed by atoms with van der Waals surface area (Å²) in [5.74, 6) is -7.96. The van der Waals surface area contributed by atoms with Gasteiger partial charge in [0.25, 0.3) is 11.7 Å². The van der Waals surface area contributed by atoms with Crippen molar-refractivity contribution < 1.29 is 67.7 Å². The summed E-state index contributed by atoms with van der Waals surface area (Å²) in [5, 5.41) is 32.9. The number of aliphatic hydroxyl groups excluding tert-OH is 2. The highest BCUT2D eigenvalue weighted by Gasteiger charge is 2.55. The van der Waals surface area contributed by atoms with Crippen LogP contribution in [0, 0.1) is 41.4 Å². The van der Waals surface area contributed by atoms with Crippen molar-refractivity contribution in [3.8, 4) is 0 Å². The zero-order valence-electron chi connectivity index (χ0n) is 41.3. The Kier molecular flexibility index (Phi) is 20.3. The number of esters is 1. The predicted molar refractivity (Wildman–Crippen MR) is 249 cm³/mol. The molecular formula is C52H79NO14. The van der Waals surface area contributed by atoms with Crippen molar-refractivity contribution in [3.63, 3.8) is 0 Å². The number of hydrogen-bond donors (Lipinski definition) is 3. The third-order valence-corrected chi connectivity index (χ3v) is 15.4. The number of rotatable bonds is 8. The van der Waals surface area contributed by atoms with Crippen molar-refractivity contribution in [1.82, 2.24) is 4.90 Å². The van der Waals surface area contributed by atoms with Gasteiger partial charge in [0.2, 0.25) is 5.79 Å². The minimum Gasteiger partial charge on any atom is -0.460 e. The molecule has 4 aliphatic heterocycles. The Morgan fingerprint density at radius 1 is 0.836 bits per heavy atom. The molecule has 0 radical (unpaired) electrons. The van der Waals surface area contributed by atoms with Gasteiger partial charge in [-0.25, -0.2) is 4.79 Å². The predicted octanol–water partition coefficient (Wildman–Crippen LogP) is 5.42. The second kappa shape index (κ2) is 24.9. The molecule has 4 fully saturated rings. The van der Waals surface area contributed by atoms with Crippen LogP contribution in [0.5, 0.6) is 0 Å². The first kappa shape index (κ1) is 54.5. The van der Waals surface area contributed by atoms with Crippen LogP contribution in [0.1, 0.15) is 112 Å². The summed E-state index contributed by atoms with van der Waals surface area (Å²) in [7, 11) is 4.60. The number of ketones is 3. The van der Waals surface area contributed by atoms with E-state index in [1.165, 1.54) is 12.0 Å². The highest BCUT2D eigenvalue weighted by molar-refractivity contribution is 6.39. The maximum atomic E-state index is 14.4. The number of amides is 1. The Morgan fingerprint density at radius 3 is 2.27 bits per heavy atom. The number of carbonyl (C=O) groups excluding carboxylic acids is 5. The van der Waals surface area contributed by atoms with Crippen LogP contribution in [-0.2, 0) is 52.4 Å². The molecule has 1 amide bonds. The molecule has 4 heterocycles. The number of fused-ring (bicyclic) bond motifs is 5. The lowest BCUT2D eigenvalue weighted by Crippen LogP contribution is -2.61. The number of piperidine rings is 1. The fraction of sp³-hybridized carbons (Fsp3) is 0.750. The quantitative estimate of drug-likeness (QED) is 0.158. The highest BCUT2D eigenvalue weighted by atomic mass is 16.6. The van der Waals surface area contributed by atoms with E-state index in [0.29, 0.717) is 56.9 Å². The van der Waals surface area contributed by atoms with Gasteiger partial charge in [0, 0.05) is 58.5 Å². The molecule has 5 aliphatic rings. The van der Waals surface area contributed by atoms with Crippen LogP contribution in [0.15, 0.2) is 47.6 Å². The third-order valence-electron chi connectivity index (χ3n) is 15.4. The second-order valence-electron chi connectivity index (χ2n) is 20.1. The van der Waals surface area contributed by atoms with E-state index in [1.54, 1.807) is 41.1 Å². The normalized spacial score (nSPS) is 41.8. The lowest BCUT2D eigenvalue weighted by Gasteiger charge is -2.43. The number of allylic oxidation sites excluding steroid dienone is 6. The zero-order valence-corrected chi connectivity index (χ0v) is 41.3. The topological polar surface area (TPSA) is 205 Å². The maximum absolute atomic E-state index is 14.4. The summed E-state index contributed by atoms with van der Waals surface area (Å²) in [5.41, 5.74) is 1.28. The highest BCUT2D eigenvalue weighted by Crippen LogP contribution is 2.44. The van der Waals surface area contributed by atoms with E-state index in [-0.39, 0.29) is 80.0 Å². The average molecular weight is 942 g/mol. The molecule has 15 heteroatoms. The van der Waals surface area contributed by atoms with Crippen molar-refractivity contribution in [2.45, 2.75) is 167 Å². The SMILES string of the molecule is CO[C@H]1C[C@@H]2CC[C@@H](C)[C@@](O)(O2)C(=O)C(=O)N2CC[C@H]3C[C@H]2C(=O)O[C@@H](CC(=O)[C@H](C)/C=C(\C)[C@@H](O)[C@@H](OC)C(=O)[C@H](C)C[C@H](C)/C=C/C=C/C=C/1C)C3C[C@@H]1CC[C@@H](OCCO)[C@H](OC)C1. The molecule has 3 N–H and O–H groups in total. The van der Waals surface area contributed by atoms with Crippen LogP contribution in [0.4, 0.5) is 0 Å².